The summed E-state index contributed by atoms with van der Waals surface area (Å²) in [4.78, 5) is 17.0. The van der Waals surface area contributed by atoms with Crippen molar-refractivity contribution in [1.29, 1.82) is 0 Å². The Bertz CT molecular complexity index is 2360. The molecule has 0 aliphatic carbocycles. The predicted molar refractivity (Wildman–Crippen MR) is 185 cm³/mol. The van der Waals surface area contributed by atoms with Crippen LogP contribution in [0, 0.1) is 0 Å². The third-order valence-electron chi connectivity index (χ3n) is 8.66. The molecule has 2 aromatic heterocycles. The van der Waals surface area contributed by atoms with Crippen LogP contribution < -0.4 is 4.90 Å². The molecule has 0 unspecified atom stereocenters. The number of hydrogen-bond acceptors (Lipinski definition) is 4. The highest BCUT2D eigenvalue weighted by Gasteiger charge is 2.25. The van der Waals surface area contributed by atoms with E-state index < -0.39 is 0 Å². The summed E-state index contributed by atoms with van der Waals surface area (Å²) in [6.45, 7) is 0. The van der Waals surface area contributed by atoms with Crippen molar-refractivity contribution in [2.24, 2.45) is 0 Å². The average Bonchev–Trinajstić information content (AvgIpc) is 3.12. The van der Waals surface area contributed by atoms with Crippen LogP contribution >= 0.6 is 0 Å². The maximum atomic E-state index is 5.14. The highest BCUT2D eigenvalue weighted by atomic mass is 15.2. The number of rotatable bonds is 4. The Morgan fingerprint density at radius 1 is 0.467 bits per heavy atom. The summed E-state index contributed by atoms with van der Waals surface area (Å²) in [7, 11) is 0. The van der Waals surface area contributed by atoms with Crippen LogP contribution in [0.25, 0.3) is 66.7 Å². The van der Waals surface area contributed by atoms with Crippen LogP contribution in [0.5, 0.6) is 0 Å². The van der Waals surface area contributed by atoms with Gasteiger partial charge in [-0.25, -0.2) is 9.97 Å². The number of hydrogen-bond donors (Lipinski definition) is 0. The van der Waals surface area contributed by atoms with E-state index in [9.17, 15) is 0 Å². The standard InChI is InChI=1S/C41H26N4/c1-3-15-36-34(12-1)40(29-20-18-27(19-21-29)35-14-5-6-26-42-35)44-41(43-36)30-22-24-31(25-23-30)45-37-16-4-2-11-32(37)33-13-7-9-28-10-8-17-38(45)39(28)33/h1-26H. The Balaban J connectivity index is 1.14. The van der Waals surface area contributed by atoms with E-state index in [1.807, 2.05) is 36.5 Å². The monoisotopic (exact) mass is 574 g/mol. The van der Waals surface area contributed by atoms with Gasteiger partial charge in [0.25, 0.3) is 0 Å². The second kappa shape index (κ2) is 10.2. The van der Waals surface area contributed by atoms with E-state index in [2.05, 4.69) is 131 Å². The molecule has 4 heteroatoms. The number of fused-ring (bicyclic) bond motifs is 3. The average molecular weight is 575 g/mol. The van der Waals surface area contributed by atoms with Gasteiger partial charge in [0.1, 0.15) is 0 Å². The first-order chi connectivity index (χ1) is 22.3. The predicted octanol–water partition coefficient (Wildman–Crippen LogP) is 10.6. The smallest absolute Gasteiger partial charge is 0.160 e. The van der Waals surface area contributed by atoms with E-state index in [1.54, 1.807) is 0 Å². The van der Waals surface area contributed by atoms with Gasteiger partial charge in [0.15, 0.2) is 5.82 Å². The van der Waals surface area contributed by atoms with Crippen molar-refractivity contribution in [3.63, 3.8) is 0 Å². The lowest BCUT2D eigenvalue weighted by Crippen LogP contribution is -2.14. The molecule has 8 aromatic rings. The summed E-state index contributed by atoms with van der Waals surface area (Å²) >= 11 is 0. The van der Waals surface area contributed by atoms with Gasteiger partial charge < -0.3 is 4.90 Å². The molecule has 0 atom stereocenters. The zero-order chi connectivity index (χ0) is 29.7. The Morgan fingerprint density at radius 3 is 2.00 bits per heavy atom. The molecule has 0 bridgehead atoms. The van der Waals surface area contributed by atoms with E-state index in [4.69, 9.17) is 9.97 Å². The lowest BCUT2D eigenvalue weighted by molar-refractivity contribution is 1.22. The molecule has 6 aromatic carbocycles. The highest BCUT2D eigenvalue weighted by molar-refractivity contribution is 6.13. The molecule has 0 saturated heterocycles. The fraction of sp³-hybridized carbons (Fsp3) is 0. The molecule has 3 heterocycles. The molecule has 0 fully saturated rings. The second-order valence-corrected chi connectivity index (χ2v) is 11.3. The second-order valence-electron chi connectivity index (χ2n) is 11.3. The number of pyridine rings is 1. The van der Waals surface area contributed by atoms with Crippen molar-refractivity contribution in [3.05, 3.63) is 158 Å². The van der Waals surface area contributed by atoms with E-state index in [1.165, 1.54) is 33.3 Å². The fourth-order valence-corrected chi connectivity index (χ4v) is 6.55. The van der Waals surface area contributed by atoms with Gasteiger partial charge in [0.2, 0.25) is 0 Å². The first kappa shape index (κ1) is 25.4. The third kappa shape index (κ3) is 4.19. The Kier molecular flexibility index (Phi) is 5.78. The SMILES string of the molecule is c1ccc(-c2ccc(-c3nc(-c4ccc(N5c6ccccc6-c6cccc7cccc5c67)cc4)nc4ccccc34)cc2)nc1. The summed E-state index contributed by atoms with van der Waals surface area (Å²) < 4.78 is 0. The van der Waals surface area contributed by atoms with Crippen LogP contribution in [0.2, 0.25) is 0 Å². The van der Waals surface area contributed by atoms with E-state index in [-0.39, 0.29) is 0 Å². The maximum Gasteiger partial charge on any atom is 0.160 e. The number of anilines is 3. The van der Waals surface area contributed by atoms with Crippen LogP contribution in [0.1, 0.15) is 0 Å². The molecule has 0 radical (unpaired) electrons. The first-order valence-corrected chi connectivity index (χ1v) is 15.1. The van der Waals surface area contributed by atoms with Gasteiger partial charge in [-0.3, -0.25) is 4.98 Å². The molecule has 0 saturated carbocycles. The van der Waals surface area contributed by atoms with E-state index in [0.29, 0.717) is 5.82 Å². The van der Waals surface area contributed by atoms with Crippen molar-refractivity contribution in [1.82, 2.24) is 15.0 Å². The Hall–Kier alpha value is -6.13. The lowest BCUT2D eigenvalue weighted by atomic mass is 9.91. The maximum absolute atomic E-state index is 5.14. The van der Waals surface area contributed by atoms with Crippen LogP contribution in [0.15, 0.2) is 158 Å². The minimum Gasteiger partial charge on any atom is -0.309 e. The number of benzene rings is 6. The molecular weight excluding hydrogens is 548 g/mol. The van der Waals surface area contributed by atoms with Gasteiger partial charge in [-0.2, -0.15) is 0 Å². The Labute approximate surface area is 260 Å². The number of nitrogens with zero attached hydrogens (tertiary/aromatic N) is 4. The van der Waals surface area contributed by atoms with Crippen molar-refractivity contribution in [2.45, 2.75) is 0 Å². The lowest BCUT2D eigenvalue weighted by Gasteiger charge is -2.33. The Morgan fingerprint density at radius 2 is 1.16 bits per heavy atom. The van der Waals surface area contributed by atoms with Gasteiger partial charge in [-0.05, 0) is 65.5 Å². The molecule has 4 nitrogen and oxygen atoms in total. The van der Waals surface area contributed by atoms with Gasteiger partial charge >= 0.3 is 0 Å². The minimum atomic E-state index is 0.704. The highest BCUT2D eigenvalue weighted by Crippen LogP contribution is 2.50. The molecular formula is C41H26N4. The van der Waals surface area contributed by atoms with E-state index >= 15 is 0 Å². The van der Waals surface area contributed by atoms with Crippen molar-refractivity contribution in [2.75, 3.05) is 4.90 Å². The minimum absolute atomic E-state index is 0.704. The van der Waals surface area contributed by atoms with Gasteiger partial charge in [-0.1, -0.05) is 97.1 Å². The summed E-state index contributed by atoms with van der Waals surface area (Å²) in [6, 6.07) is 53.1. The van der Waals surface area contributed by atoms with Crippen molar-refractivity contribution in [3.8, 4) is 45.0 Å². The molecule has 9 rings (SSSR count). The van der Waals surface area contributed by atoms with Gasteiger partial charge in [0.05, 0.1) is 28.3 Å². The van der Waals surface area contributed by atoms with Gasteiger partial charge in [-0.15, -0.1) is 0 Å². The molecule has 45 heavy (non-hydrogen) atoms. The topological polar surface area (TPSA) is 41.9 Å². The molecule has 0 spiro atoms. The molecule has 0 amide bonds. The van der Waals surface area contributed by atoms with Gasteiger partial charge in [0, 0.05) is 44.9 Å². The summed E-state index contributed by atoms with van der Waals surface area (Å²) in [6.07, 6.45) is 1.82. The van der Waals surface area contributed by atoms with Crippen LogP contribution in [-0.4, -0.2) is 15.0 Å². The van der Waals surface area contributed by atoms with Crippen molar-refractivity contribution >= 4 is 38.7 Å². The summed E-state index contributed by atoms with van der Waals surface area (Å²) in [5.41, 5.74) is 11.9. The van der Waals surface area contributed by atoms with Crippen LogP contribution in [0.4, 0.5) is 17.1 Å². The first-order valence-electron chi connectivity index (χ1n) is 15.1. The summed E-state index contributed by atoms with van der Waals surface area (Å²) in [5.74, 6) is 0.704. The zero-order valence-electron chi connectivity index (χ0n) is 24.3. The molecule has 0 N–H and O–H groups in total. The number of para-hydroxylation sites is 2. The normalized spacial score (nSPS) is 12.0. The third-order valence-corrected chi connectivity index (χ3v) is 8.66. The van der Waals surface area contributed by atoms with E-state index in [0.717, 1.165) is 44.7 Å². The van der Waals surface area contributed by atoms with Crippen molar-refractivity contribution < 1.29 is 0 Å². The molecule has 1 aliphatic heterocycles. The van der Waals surface area contributed by atoms with Crippen LogP contribution in [0.3, 0.4) is 0 Å². The largest absolute Gasteiger partial charge is 0.309 e. The fourth-order valence-electron chi connectivity index (χ4n) is 6.55. The zero-order valence-corrected chi connectivity index (χ0v) is 24.3. The van der Waals surface area contributed by atoms with Crippen LogP contribution in [-0.2, 0) is 0 Å². The number of aromatic nitrogens is 3. The molecule has 1 aliphatic rings. The quantitative estimate of drug-likeness (QED) is 0.210. The summed E-state index contributed by atoms with van der Waals surface area (Å²) in [5, 5.41) is 3.55. The molecule has 210 valence electrons.